The van der Waals surface area contributed by atoms with Crippen molar-refractivity contribution in [1.29, 1.82) is 0 Å². The molecule has 0 aliphatic rings. The van der Waals surface area contributed by atoms with E-state index in [1.807, 2.05) is 24.5 Å². The third-order valence-corrected chi connectivity index (χ3v) is 4.76. The number of rotatable bonds is 5. The lowest BCUT2D eigenvalue weighted by Crippen LogP contribution is -2.20. The fraction of sp³-hybridized carbons (Fsp3) is 0.150. The number of anilines is 1. The van der Waals surface area contributed by atoms with E-state index in [0.717, 1.165) is 17.0 Å². The number of carbonyl (C=O) groups excluding carboxylic acids is 1. The first-order chi connectivity index (χ1) is 13.9. The molecule has 0 bridgehead atoms. The van der Waals surface area contributed by atoms with Gasteiger partial charge in [-0.25, -0.2) is 4.39 Å². The molecule has 3 heterocycles. The van der Waals surface area contributed by atoms with Gasteiger partial charge in [-0.2, -0.15) is 0 Å². The van der Waals surface area contributed by atoms with Crippen LogP contribution in [0, 0.1) is 19.7 Å². The van der Waals surface area contributed by atoms with Gasteiger partial charge in [-0.3, -0.25) is 4.79 Å². The van der Waals surface area contributed by atoms with E-state index in [1.165, 1.54) is 24.5 Å². The van der Waals surface area contributed by atoms with Crippen LogP contribution in [0.15, 0.2) is 51.5 Å². The monoisotopic (exact) mass is 414 g/mol. The van der Waals surface area contributed by atoms with Gasteiger partial charge in [0.25, 0.3) is 5.89 Å². The first kappa shape index (κ1) is 18.9. The Morgan fingerprint density at radius 2 is 2.00 bits per heavy atom. The molecule has 0 radical (unpaired) electrons. The van der Waals surface area contributed by atoms with Crippen molar-refractivity contribution in [3.8, 4) is 23.1 Å². The van der Waals surface area contributed by atoms with Gasteiger partial charge in [-0.15, -0.1) is 10.2 Å². The molecule has 29 heavy (non-hydrogen) atoms. The van der Waals surface area contributed by atoms with Crippen LogP contribution >= 0.6 is 11.6 Å². The summed E-state index contributed by atoms with van der Waals surface area (Å²) in [5, 5.41) is 10.7. The zero-order valence-corrected chi connectivity index (χ0v) is 16.3. The molecule has 4 aromatic rings. The summed E-state index contributed by atoms with van der Waals surface area (Å²) in [6.45, 7) is 3.80. The van der Waals surface area contributed by atoms with Gasteiger partial charge < -0.3 is 18.7 Å². The molecule has 0 saturated heterocycles. The van der Waals surface area contributed by atoms with Crippen molar-refractivity contribution >= 4 is 23.2 Å². The lowest BCUT2D eigenvalue weighted by Gasteiger charge is -2.10. The highest BCUT2D eigenvalue weighted by Crippen LogP contribution is 2.29. The van der Waals surface area contributed by atoms with Gasteiger partial charge >= 0.3 is 0 Å². The Morgan fingerprint density at radius 1 is 1.21 bits per heavy atom. The van der Waals surface area contributed by atoms with Gasteiger partial charge in [0.15, 0.2) is 5.76 Å². The van der Waals surface area contributed by atoms with Crippen LogP contribution < -0.4 is 5.32 Å². The zero-order chi connectivity index (χ0) is 20.5. The summed E-state index contributed by atoms with van der Waals surface area (Å²) >= 11 is 5.76. The molecular weight excluding hydrogens is 399 g/mol. The number of benzene rings is 1. The maximum atomic E-state index is 13.3. The average Bonchev–Trinajstić information content (AvgIpc) is 3.41. The molecule has 0 aliphatic heterocycles. The van der Waals surface area contributed by atoms with Crippen LogP contribution in [0.3, 0.4) is 0 Å². The summed E-state index contributed by atoms with van der Waals surface area (Å²) in [7, 11) is 0. The fourth-order valence-corrected chi connectivity index (χ4v) is 3.19. The van der Waals surface area contributed by atoms with Gasteiger partial charge in [0.05, 0.1) is 16.8 Å². The van der Waals surface area contributed by atoms with Gasteiger partial charge in [-0.05, 0) is 50.2 Å². The first-order valence-corrected chi connectivity index (χ1v) is 9.09. The number of carbonyl (C=O) groups is 1. The topological polar surface area (TPSA) is 86.1 Å². The molecule has 1 amide bonds. The minimum absolute atomic E-state index is 0.0535. The van der Waals surface area contributed by atoms with E-state index in [0.29, 0.717) is 17.3 Å². The van der Waals surface area contributed by atoms with Crippen LogP contribution in [-0.4, -0.2) is 20.7 Å². The minimum Gasteiger partial charge on any atom is -0.459 e. The normalized spacial score (nSPS) is 11.0. The van der Waals surface area contributed by atoms with Gasteiger partial charge in [0.1, 0.15) is 12.4 Å². The number of nitrogens with one attached hydrogen (secondary N) is 1. The Balaban J connectivity index is 1.54. The standard InChI is InChI=1S/C20H16ClFN4O3/c1-11-8-14(19-24-25-20(29-19)17-4-3-7-28-17)12(2)26(11)10-18(27)23-13-5-6-16(22)15(21)9-13/h3-9H,10H2,1-2H3,(H,23,27). The maximum absolute atomic E-state index is 13.3. The molecule has 0 fully saturated rings. The molecule has 0 atom stereocenters. The number of aryl methyl sites for hydroxylation is 1. The Bertz CT molecular complexity index is 1180. The molecular formula is C20H16ClFN4O3. The average molecular weight is 415 g/mol. The van der Waals surface area contributed by atoms with Crippen molar-refractivity contribution in [2.45, 2.75) is 20.4 Å². The number of halogens is 2. The second-order valence-corrected chi connectivity index (χ2v) is 6.84. The molecule has 4 rings (SSSR count). The summed E-state index contributed by atoms with van der Waals surface area (Å²) in [5.41, 5.74) is 2.79. The summed E-state index contributed by atoms with van der Waals surface area (Å²) < 4.78 is 26.1. The summed E-state index contributed by atoms with van der Waals surface area (Å²) in [6, 6.07) is 9.36. The SMILES string of the molecule is Cc1cc(-c2nnc(-c3ccco3)o2)c(C)n1CC(=O)Nc1ccc(F)c(Cl)c1. The largest absolute Gasteiger partial charge is 0.459 e. The third-order valence-electron chi connectivity index (χ3n) is 4.47. The minimum atomic E-state index is -0.542. The first-order valence-electron chi connectivity index (χ1n) is 8.72. The number of hydrogen-bond acceptors (Lipinski definition) is 5. The van der Waals surface area contributed by atoms with Crippen molar-refractivity contribution in [3.63, 3.8) is 0 Å². The Kier molecular flexibility index (Phi) is 4.94. The highest BCUT2D eigenvalue weighted by atomic mass is 35.5. The van der Waals surface area contributed by atoms with Gasteiger partial charge in [0.2, 0.25) is 11.8 Å². The molecule has 1 N–H and O–H groups in total. The quantitative estimate of drug-likeness (QED) is 0.504. The molecule has 1 aromatic carbocycles. The molecule has 0 saturated carbocycles. The van der Waals surface area contributed by atoms with Crippen LogP contribution in [0.2, 0.25) is 5.02 Å². The number of furan rings is 1. The predicted molar refractivity (Wildman–Crippen MR) is 105 cm³/mol. The Morgan fingerprint density at radius 3 is 2.72 bits per heavy atom. The van der Waals surface area contributed by atoms with Crippen LogP contribution in [0.4, 0.5) is 10.1 Å². The van der Waals surface area contributed by atoms with Crippen molar-refractivity contribution in [1.82, 2.24) is 14.8 Å². The lowest BCUT2D eigenvalue weighted by atomic mass is 10.2. The maximum Gasteiger partial charge on any atom is 0.283 e. The van der Waals surface area contributed by atoms with E-state index in [-0.39, 0.29) is 23.4 Å². The molecule has 9 heteroatoms. The second-order valence-electron chi connectivity index (χ2n) is 6.44. The van der Waals surface area contributed by atoms with Gasteiger partial charge in [0, 0.05) is 17.1 Å². The highest BCUT2D eigenvalue weighted by molar-refractivity contribution is 6.31. The van der Waals surface area contributed by atoms with E-state index in [9.17, 15) is 9.18 Å². The van der Waals surface area contributed by atoms with Crippen LogP contribution in [0.5, 0.6) is 0 Å². The summed E-state index contributed by atoms with van der Waals surface area (Å²) in [4.78, 5) is 12.5. The molecule has 7 nitrogen and oxygen atoms in total. The van der Waals surface area contributed by atoms with Crippen molar-refractivity contribution in [2.75, 3.05) is 5.32 Å². The lowest BCUT2D eigenvalue weighted by molar-refractivity contribution is -0.116. The van der Waals surface area contributed by atoms with Crippen molar-refractivity contribution in [3.05, 3.63) is 64.9 Å². The molecule has 0 aliphatic carbocycles. The van der Waals surface area contributed by atoms with Crippen LogP contribution in [0.25, 0.3) is 23.1 Å². The number of hydrogen-bond donors (Lipinski definition) is 1. The fourth-order valence-electron chi connectivity index (χ4n) is 3.01. The van der Waals surface area contributed by atoms with Crippen LogP contribution in [-0.2, 0) is 11.3 Å². The third kappa shape index (κ3) is 3.79. The highest BCUT2D eigenvalue weighted by Gasteiger charge is 2.19. The van der Waals surface area contributed by atoms with E-state index in [1.54, 1.807) is 12.1 Å². The molecule has 148 valence electrons. The zero-order valence-electron chi connectivity index (χ0n) is 15.6. The van der Waals surface area contributed by atoms with Crippen molar-refractivity contribution < 1.29 is 18.0 Å². The smallest absolute Gasteiger partial charge is 0.283 e. The van der Waals surface area contributed by atoms with E-state index in [2.05, 4.69) is 15.5 Å². The summed E-state index contributed by atoms with van der Waals surface area (Å²) in [5.74, 6) is 0.278. The van der Waals surface area contributed by atoms with Gasteiger partial charge in [-0.1, -0.05) is 11.6 Å². The van der Waals surface area contributed by atoms with E-state index < -0.39 is 5.82 Å². The Labute approximate surface area is 170 Å². The molecule has 3 aromatic heterocycles. The number of nitrogens with zero attached hydrogens (tertiary/aromatic N) is 3. The predicted octanol–water partition coefficient (Wildman–Crippen LogP) is 4.85. The Hall–Kier alpha value is -3.39. The number of aromatic nitrogens is 3. The van der Waals surface area contributed by atoms with E-state index >= 15 is 0 Å². The molecule has 0 unspecified atom stereocenters. The molecule has 0 spiro atoms. The summed E-state index contributed by atoms with van der Waals surface area (Å²) in [6.07, 6.45) is 1.53. The number of amides is 1. The van der Waals surface area contributed by atoms with Crippen molar-refractivity contribution in [2.24, 2.45) is 0 Å². The van der Waals surface area contributed by atoms with E-state index in [4.69, 9.17) is 20.4 Å². The van der Waals surface area contributed by atoms with Crippen LogP contribution in [0.1, 0.15) is 11.4 Å². The second kappa shape index (κ2) is 7.56.